The summed E-state index contributed by atoms with van der Waals surface area (Å²) in [6, 6.07) is 2.59. The van der Waals surface area contributed by atoms with E-state index in [9.17, 15) is 0 Å². The van der Waals surface area contributed by atoms with E-state index in [4.69, 9.17) is 0 Å². The van der Waals surface area contributed by atoms with Crippen molar-refractivity contribution in [3.05, 3.63) is 20.8 Å². The largest absolute Gasteiger partial charge is 0.361 e. The van der Waals surface area contributed by atoms with E-state index in [0.717, 1.165) is 17.5 Å². The topological polar surface area (TPSA) is 24.4 Å². The number of rotatable bonds is 2. The second-order valence-corrected chi connectivity index (χ2v) is 5.99. The smallest absolute Gasteiger partial charge is 0.157 e. The van der Waals surface area contributed by atoms with Gasteiger partial charge < -0.3 is 5.32 Å². The van der Waals surface area contributed by atoms with Crippen LogP contribution in [-0.2, 0) is 5.75 Å². The highest BCUT2D eigenvalue weighted by atomic mass is 79.9. The van der Waals surface area contributed by atoms with Gasteiger partial charge in [0.2, 0.25) is 0 Å². The van der Waals surface area contributed by atoms with Crippen molar-refractivity contribution in [2.75, 3.05) is 6.54 Å². The Morgan fingerprint density at radius 3 is 3.21 bits per heavy atom. The van der Waals surface area contributed by atoms with E-state index in [0.29, 0.717) is 6.04 Å². The molecular formula is C9H11BrN2S2. The van der Waals surface area contributed by atoms with Gasteiger partial charge in [0.15, 0.2) is 5.17 Å². The number of hydrogen-bond acceptors (Lipinski definition) is 4. The molecular weight excluding hydrogens is 280 g/mol. The second-order valence-electron chi connectivity index (χ2n) is 3.17. The van der Waals surface area contributed by atoms with Crippen molar-refractivity contribution in [3.63, 3.8) is 0 Å². The molecule has 1 aromatic heterocycles. The van der Waals surface area contributed by atoms with Crippen LogP contribution in [0.4, 0.5) is 0 Å². The van der Waals surface area contributed by atoms with Crippen molar-refractivity contribution in [2.24, 2.45) is 4.99 Å². The zero-order valence-electron chi connectivity index (χ0n) is 7.79. The van der Waals surface area contributed by atoms with Gasteiger partial charge in [0.25, 0.3) is 0 Å². The summed E-state index contributed by atoms with van der Waals surface area (Å²) in [5.74, 6) is 0.997. The van der Waals surface area contributed by atoms with Crippen molar-refractivity contribution in [2.45, 2.75) is 18.7 Å². The molecule has 1 aromatic rings. The number of thioether (sulfide) groups is 1. The molecule has 2 nitrogen and oxygen atoms in total. The Kier molecular flexibility index (Phi) is 3.52. The van der Waals surface area contributed by atoms with Crippen LogP contribution < -0.4 is 5.32 Å². The zero-order valence-corrected chi connectivity index (χ0v) is 11.0. The van der Waals surface area contributed by atoms with Crippen molar-refractivity contribution in [3.8, 4) is 0 Å². The first-order chi connectivity index (χ1) is 6.75. The fourth-order valence-electron chi connectivity index (χ4n) is 1.17. The molecule has 0 saturated carbocycles. The summed E-state index contributed by atoms with van der Waals surface area (Å²) in [5.41, 5.74) is 0. The van der Waals surface area contributed by atoms with E-state index in [2.05, 4.69) is 44.6 Å². The molecule has 0 aromatic carbocycles. The number of hydrogen-bond donors (Lipinski definition) is 1. The van der Waals surface area contributed by atoms with Crippen LogP contribution in [0.15, 0.2) is 20.9 Å². The maximum atomic E-state index is 4.40. The Labute approximate surface area is 100 Å². The molecule has 0 bridgehead atoms. The lowest BCUT2D eigenvalue weighted by molar-refractivity contribution is 0.728. The Bertz CT molecular complexity index is 348. The summed E-state index contributed by atoms with van der Waals surface area (Å²) in [6.07, 6.45) is 0. The molecule has 76 valence electrons. The first-order valence-corrected chi connectivity index (χ1v) is 7.07. The highest BCUT2D eigenvalue weighted by Crippen LogP contribution is 2.27. The number of nitrogens with zero attached hydrogens (tertiary/aromatic N) is 1. The van der Waals surface area contributed by atoms with Gasteiger partial charge in [-0.25, -0.2) is 0 Å². The predicted octanol–water partition coefficient (Wildman–Crippen LogP) is 3.09. The molecule has 0 spiro atoms. The van der Waals surface area contributed by atoms with Crippen LogP contribution in [0.1, 0.15) is 11.8 Å². The number of halogens is 1. The molecule has 0 fully saturated rings. The van der Waals surface area contributed by atoms with E-state index in [1.54, 1.807) is 23.1 Å². The highest BCUT2D eigenvalue weighted by molar-refractivity contribution is 9.10. The van der Waals surface area contributed by atoms with E-state index < -0.39 is 0 Å². The molecule has 0 aliphatic carbocycles. The lowest BCUT2D eigenvalue weighted by Gasteiger charge is -2.04. The third-order valence-electron chi connectivity index (χ3n) is 1.91. The Hall–Kier alpha value is -0.0000000000000000555. The molecule has 2 rings (SSSR count). The number of nitrogens with one attached hydrogen (secondary N) is 1. The van der Waals surface area contributed by atoms with E-state index >= 15 is 0 Å². The summed E-state index contributed by atoms with van der Waals surface area (Å²) in [6.45, 7) is 3.06. The van der Waals surface area contributed by atoms with Crippen LogP contribution >= 0.6 is 39.0 Å². The third kappa shape index (κ3) is 2.52. The monoisotopic (exact) mass is 290 g/mol. The van der Waals surface area contributed by atoms with Gasteiger partial charge in [-0.15, -0.1) is 11.3 Å². The van der Waals surface area contributed by atoms with Gasteiger partial charge in [-0.2, -0.15) is 0 Å². The van der Waals surface area contributed by atoms with Crippen LogP contribution in [0.5, 0.6) is 0 Å². The molecule has 0 saturated heterocycles. The SMILES string of the molecule is CC1CN=C(SCc2sccc2Br)N1. The second kappa shape index (κ2) is 4.68. The average Bonchev–Trinajstić information content (AvgIpc) is 2.72. The van der Waals surface area contributed by atoms with E-state index in [-0.39, 0.29) is 0 Å². The normalized spacial score (nSPS) is 20.7. The van der Waals surface area contributed by atoms with Crippen LogP contribution in [0.2, 0.25) is 0 Å². The lowest BCUT2D eigenvalue weighted by Crippen LogP contribution is -2.25. The van der Waals surface area contributed by atoms with Crippen molar-refractivity contribution in [1.82, 2.24) is 5.32 Å². The van der Waals surface area contributed by atoms with Crippen molar-refractivity contribution in [1.29, 1.82) is 0 Å². The molecule has 1 unspecified atom stereocenters. The highest BCUT2D eigenvalue weighted by Gasteiger charge is 2.13. The summed E-state index contributed by atoms with van der Waals surface area (Å²) in [4.78, 5) is 5.78. The first kappa shape index (κ1) is 10.5. The molecule has 0 radical (unpaired) electrons. The Balaban J connectivity index is 1.86. The minimum absolute atomic E-state index is 0.504. The van der Waals surface area contributed by atoms with Crippen LogP contribution in [0.3, 0.4) is 0 Å². The van der Waals surface area contributed by atoms with Crippen molar-refractivity contribution >= 4 is 44.2 Å². The van der Waals surface area contributed by atoms with Gasteiger partial charge in [0, 0.05) is 21.1 Å². The number of thiophene rings is 1. The average molecular weight is 291 g/mol. The minimum Gasteiger partial charge on any atom is -0.361 e. The van der Waals surface area contributed by atoms with E-state index in [1.807, 2.05) is 0 Å². The molecule has 5 heteroatoms. The Morgan fingerprint density at radius 1 is 1.79 bits per heavy atom. The number of amidine groups is 1. The first-order valence-electron chi connectivity index (χ1n) is 4.41. The summed E-state index contributed by atoms with van der Waals surface area (Å²) in [7, 11) is 0. The molecule has 1 aliphatic heterocycles. The van der Waals surface area contributed by atoms with Gasteiger partial charge >= 0.3 is 0 Å². The summed E-state index contributed by atoms with van der Waals surface area (Å²) >= 11 is 7.09. The maximum Gasteiger partial charge on any atom is 0.157 e. The quantitative estimate of drug-likeness (QED) is 0.905. The van der Waals surface area contributed by atoms with Crippen molar-refractivity contribution < 1.29 is 0 Å². The van der Waals surface area contributed by atoms with Gasteiger partial charge in [0.1, 0.15) is 0 Å². The van der Waals surface area contributed by atoms with Gasteiger partial charge in [0.05, 0.1) is 6.54 Å². The molecule has 14 heavy (non-hydrogen) atoms. The molecule has 1 aliphatic rings. The van der Waals surface area contributed by atoms with Gasteiger partial charge in [-0.05, 0) is 34.3 Å². The molecule has 0 amide bonds. The zero-order chi connectivity index (χ0) is 9.97. The molecule has 1 atom stereocenters. The minimum atomic E-state index is 0.504. The fourth-order valence-corrected chi connectivity index (χ4v) is 3.96. The van der Waals surface area contributed by atoms with Gasteiger partial charge in [-0.1, -0.05) is 11.8 Å². The van der Waals surface area contributed by atoms with Crippen LogP contribution in [0.25, 0.3) is 0 Å². The predicted molar refractivity (Wildman–Crippen MR) is 68.2 cm³/mol. The summed E-state index contributed by atoms with van der Waals surface area (Å²) in [5, 5.41) is 6.52. The maximum absolute atomic E-state index is 4.40. The van der Waals surface area contributed by atoms with Crippen LogP contribution in [-0.4, -0.2) is 17.8 Å². The fraction of sp³-hybridized carbons (Fsp3) is 0.444. The molecule has 2 heterocycles. The van der Waals surface area contributed by atoms with Crippen LogP contribution in [0, 0.1) is 0 Å². The third-order valence-corrected chi connectivity index (χ3v) is 4.97. The Morgan fingerprint density at radius 2 is 2.64 bits per heavy atom. The standard InChI is InChI=1S/C9H11BrN2S2/c1-6-4-11-9(12-6)14-5-8-7(10)2-3-13-8/h2-3,6H,4-5H2,1H3,(H,11,12). The molecule has 1 N–H and O–H groups in total. The number of aliphatic imine (C=N–C) groups is 1. The summed E-state index contributed by atoms with van der Waals surface area (Å²) < 4.78 is 1.21. The van der Waals surface area contributed by atoms with E-state index in [1.165, 1.54) is 9.35 Å². The lowest BCUT2D eigenvalue weighted by atomic mass is 10.4. The van der Waals surface area contributed by atoms with Gasteiger partial charge in [-0.3, -0.25) is 4.99 Å².